The molecule has 29 heavy (non-hydrogen) atoms. The molecule has 3 heterocycles. The number of nitrogens with zero attached hydrogens (tertiary/aromatic N) is 5. The van der Waals surface area contributed by atoms with Gasteiger partial charge in [-0.2, -0.15) is 15.2 Å². The number of aromatic nitrogens is 5. The van der Waals surface area contributed by atoms with Crippen molar-refractivity contribution in [3.05, 3.63) is 65.5 Å². The van der Waals surface area contributed by atoms with Crippen LogP contribution in [0.4, 0.5) is 4.39 Å². The Labute approximate surface area is 171 Å². The maximum atomic E-state index is 13.4. The molecule has 4 aromatic rings. The minimum atomic E-state index is -0.873. The van der Waals surface area contributed by atoms with Gasteiger partial charge in [0.15, 0.2) is 5.65 Å². The van der Waals surface area contributed by atoms with Gasteiger partial charge >= 0.3 is 0 Å². The fraction of sp³-hybridized carbons (Fsp3) is 0.250. The Hall–Kier alpha value is -2.97. The summed E-state index contributed by atoms with van der Waals surface area (Å²) >= 11 is 6.09. The van der Waals surface area contributed by atoms with Crippen LogP contribution in [0, 0.1) is 5.82 Å². The van der Waals surface area contributed by atoms with Gasteiger partial charge in [0.2, 0.25) is 5.88 Å². The van der Waals surface area contributed by atoms with Crippen molar-refractivity contribution in [2.24, 2.45) is 0 Å². The molecule has 0 fully saturated rings. The molecule has 1 aromatic carbocycles. The highest BCUT2D eigenvalue weighted by Crippen LogP contribution is 2.25. The van der Waals surface area contributed by atoms with Crippen molar-refractivity contribution in [1.82, 2.24) is 24.4 Å². The summed E-state index contributed by atoms with van der Waals surface area (Å²) in [6, 6.07) is 5.80. The van der Waals surface area contributed by atoms with Crippen LogP contribution in [0.15, 0.2) is 49.1 Å². The number of rotatable bonds is 6. The van der Waals surface area contributed by atoms with Gasteiger partial charge in [-0.15, -0.1) is 0 Å². The first-order valence-corrected chi connectivity index (χ1v) is 9.33. The zero-order valence-corrected chi connectivity index (χ0v) is 16.6. The Morgan fingerprint density at radius 2 is 2.03 bits per heavy atom. The van der Waals surface area contributed by atoms with E-state index in [1.165, 1.54) is 18.2 Å². The van der Waals surface area contributed by atoms with Gasteiger partial charge in [-0.25, -0.2) is 8.91 Å². The Morgan fingerprint density at radius 3 is 2.83 bits per heavy atom. The van der Waals surface area contributed by atoms with E-state index < -0.39 is 5.60 Å². The zero-order chi connectivity index (χ0) is 20.6. The molecule has 0 saturated carbocycles. The lowest BCUT2D eigenvalue weighted by Gasteiger charge is -2.16. The van der Waals surface area contributed by atoms with Crippen LogP contribution in [0.2, 0.25) is 5.02 Å². The van der Waals surface area contributed by atoms with E-state index in [1.807, 2.05) is 6.20 Å². The molecule has 0 aliphatic heterocycles. The summed E-state index contributed by atoms with van der Waals surface area (Å²) in [5.41, 5.74) is 1.86. The molecule has 3 aromatic heterocycles. The lowest BCUT2D eigenvalue weighted by molar-refractivity contribution is 0.0577. The molecule has 0 bridgehead atoms. The molecule has 0 aliphatic carbocycles. The summed E-state index contributed by atoms with van der Waals surface area (Å²) in [6.45, 7) is 3.90. The SMILES string of the molecule is CC(C)(O)Cn1cc(-c2cnn3ccc(OCc4cc(F)ccc4Cl)nc23)cn1. The van der Waals surface area contributed by atoms with E-state index in [0.29, 0.717) is 28.7 Å². The minimum Gasteiger partial charge on any atom is -0.473 e. The highest BCUT2D eigenvalue weighted by molar-refractivity contribution is 6.31. The molecule has 0 spiro atoms. The van der Waals surface area contributed by atoms with Crippen molar-refractivity contribution in [1.29, 1.82) is 0 Å². The third kappa shape index (κ3) is 4.38. The largest absolute Gasteiger partial charge is 0.473 e. The van der Waals surface area contributed by atoms with E-state index in [2.05, 4.69) is 15.2 Å². The molecular formula is C20H19ClFN5O2. The number of fused-ring (bicyclic) bond motifs is 1. The molecule has 9 heteroatoms. The highest BCUT2D eigenvalue weighted by atomic mass is 35.5. The van der Waals surface area contributed by atoms with Crippen molar-refractivity contribution in [3.63, 3.8) is 0 Å². The molecule has 0 aliphatic rings. The predicted octanol–water partition coefficient (Wildman–Crippen LogP) is 3.74. The summed E-state index contributed by atoms with van der Waals surface area (Å²) in [5, 5.41) is 19.0. The Morgan fingerprint density at radius 1 is 1.21 bits per heavy atom. The number of halogens is 2. The summed E-state index contributed by atoms with van der Waals surface area (Å²) in [7, 11) is 0. The number of hydrogen-bond donors (Lipinski definition) is 1. The minimum absolute atomic E-state index is 0.0900. The first-order chi connectivity index (χ1) is 13.8. The summed E-state index contributed by atoms with van der Waals surface area (Å²) in [6.07, 6.45) is 6.96. The molecule has 0 unspecified atom stereocenters. The topological polar surface area (TPSA) is 77.5 Å². The number of aliphatic hydroxyl groups is 1. The van der Waals surface area contributed by atoms with Gasteiger partial charge in [-0.1, -0.05) is 11.6 Å². The summed E-state index contributed by atoms with van der Waals surface area (Å²) < 4.78 is 22.4. The van der Waals surface area contributed by atoms with Crippen LogP contribution < -0.4 is 4.74 Å². The van der Waals surface area contributed by atoms with Gasteiger partial charge in [-0.05, 0) is 32.0 Å². The van der Waals surface area contributed by atoms with Crippen molar-refractivity contribution in [2.45, 2.75) is 32.6 Å². The van der Waals surface area contributed by atoms with Crippen LogP contribution in [0.3, 0.4) is 0 Å². The van der Waals surface area contributed by atoms with Crippen LogP contribution >= 0.6 is 11.6 Å². The van der Waals surface area contributed by atoms with E-state index in [0.717, 1.165) is 11.1 Å². The molecule has 150 valence electrons. The fourth-order valence-electron chi connectivity index (χ4n) is 2.93. The second-order valence-electron chi connectivity index (χ2n) is 7.36. The number of hydrogen-bond acceptors (Lipinski definition) is 5. The highest BCUT2D eigenvalue weighted by Gasteiger charge is 2.16. The van der Waals surface area contributed by atoms with Gasteiger partial charge in [-0.3, -0.25) is 4.68 Å². The van der Waals surface area contributed by atoms with Crippen LogP contribution in [0.5, 0.6) is 5.88 Å². The van der Waals surface area contributed by atoms with Crippen molar-refractivity contribution in [2.75, 3.05) is 0 Å². The molecule has 7 nitrogen and oxygen atoms in total. The van der Waals surface area contributed by atoms with E-state index in [4.69, 9.17) is 16.3 Å². The van der Waals surface area contributed by atoms with Gasteiger partial charge < -0.3 is 9.84 Å². The van der Waals surface area contributed by atoms with Gasteiger partial charge in [0.25, 0.3) is 0 Å². The van der Waals surface area contributed by atoms with Crippen molar-refractivity contribution >= 4 is 17.2 Å². The van der Waals surface area contributed by atoms with Gasteiger partial charge in [0.05, 0.1) is 24.5 Å². The summed E-state index contributed by atoms with van der Waals surface area (Å²) in [4.78, 5) is 4.52. The maximum Gasteiger partial charge on any atom is 0.217 e. The van der Waals surface area contributed by atoms with E-state index in [1.54, 1.807) is 47.7 Å². The fourth-order valence-corrected chi connectivity index (χ4v) is 3.10. The molecule has 0 saturated heterocycles. The lowest BCUT2D eigenvalue weighted by atomic mass is 10.1. The third-order valence-corrected chi connectivity index (χ3v) is 4.59. The molecule has 0 radical (unpaired) electrons. The van der Waals surface area contributed by atoms with Crippen LogP contribution in [-0.2, 0) is 13.2 Å². The van der Waals surface area contributed by atoms with Gasteiger partial charge in [0.1, 0.15) is 12.4 Å². The van der Waals surface area contributed by atoms with Crippen molar-refractivity contribution in [3.8, 4) is 17.0 Å². The standard InChI is InChI=1S/C20H19ClFN5O2/c1-20(2,28)12-26-10-14(8-23-26)16-9-24-27-6-5-18(25-19(16)27)29-11-13-7-15(22)3-4-17(13)21/h3-10,28H,11-12H2,1-2H3. The smallest absolute Gasteiger partial charge is 0.217 e. The lowest BCUT2D eigenvalue weighted by Crippen LogP contribution is -2.26. The number of ether oxygens (including phenoxy) is 1. The van der Waals surface area contributed by atoms with Crippen LogP contribution in [0.25, 0.3) is 16.8 Å². The normalized spacial score (nSPS) is 11.9. The van der Waals surface area contributed by atoms with E-state index in [9.17, 15) is 9.50 Å². The average Bonchev–Trinajstić information content (AvgIpc) is 3.27. The van der Waals surface area contributed by atoms with Crippen LogP contribution in [0.1, 0.15) is 19.4 Å². The molecule has 0 amide bonds. The Bertz CT molecular complexity index is 1170. The average molecular weight is 416 g/mol. The van der Waals surface area contributed by atoms with E-state index in [-0.39, 0.29) is 12.4 Å². The second kappa shape index (κ2) is 7.46. The van der Waals surface area contributed by atoms with Gasteiger partial charge in [0, 0.05) is 40.2 Å². The molecular weight excluding hydrogens is 397 g/mol. The second-order valence-corrected chi connectivity index (χ2v) is 7.76. The summed E-state index contributed by atoms with van der Waals surface area (Å²) in [5.74, 6) is -0.0129. The first kappa shape index (κ1) is 19.4. The molecule has 1 N–H and O–H groups in total. The third-order valence-electron chi connectivity index (χ3n) is 4.22. The monoisotopic (exact) mass is 415 g/mol. The predicted molar refractivity (Wildman–Crippen MR) is 106 cm³/mol. The van der Waals surface area contributed by atoms with E-state index >= 15 is 0 Å². The van der Waals surface area contributed by atoms with Crippen molar-refractivity contribution < 1.29 is 14.2 Å². The Balaban J connectivity index is 1.59. The maximum absolute atomic E-state index is 13.4. The quantitative estimate of drug-likeness (QED) is 0.519. The molecule has 0 atom stereocenters. The van der Waals surface area contributed by atoms with Crippen LogP contribution in [-0.4, -0.2) is 35.1 Å². The zero-order valence-electron chi connectivity index (χ0n) is 15.9. The molecule has 4 rings (SSSR count). The first-order valence-electron chi connectivity index (χ1n) is 8.95. The number of benzene rings is 1. The Kier molecular flexibility index (Phi) is 4.97.